The maximum absolute atomic E-state index is 5.75. The molecular formula is C13H10N2OS. The lowest BCUT2D eigenvalue weighted by Gasteiger charge is -1.97. The molecule has 84 valence electrons. The second kappa shape index (κ2) is 4.07. The lowest BCUT2D eigenvalue weighted by atomic mass is 10.1. The van der Waals surface area contributed by atoms with Gasteiger partial charge in [0.25, 0.3) is 0 Å². The topological polar surface area (TPSA) is 52.0 Å². The van der Waals surface area contributed by atoms with Crippen LogP contribution in [0.25, 0.3) is 22.0 Å². The summed E-state index contributed by atoms with van der Waals surface area (Å²) in [5, 5.41) is 2.89. The van der Waals surface area contributed by atoms with Crippen molar-refractivity contribution in [2.24, 2.45) is 0 Å². The van der Waals surface area contributed by atoms with Crippen LogP contribution in [0.5, 0.6) is 0 Å². The predicted octanol–water partition coefficient (Wildman–Crippen LogP) is 3.65. The first-order valence-electron chi connectivity index (χ1n) is 5.18. The molecule has 3 rings (SSSR count). The van der Waals surface area contributed by atoms with Crippen LogP contribution >= 0.6 is 11.3 Å². The van der Waals surface area contributed by atoms with E-state index in [1.54, 1.807) is 17.6 Å². The van der Waals surface area contributed by atoms with Crippen LogP contribution in [0.4, 0.5) is 5.69 Å². The lowest BCUT2D eigenvalue weighted by molar-refractivity contribution is 0.582. The van der Waals surface area contributed by atoms with Crippen molar-refractivity contribution in [1.29, 1.82) is 0 Å². The smallest absolute Gasteiger partial charge is 0.162 e. The summed E-state index contributed by atoms with van der Waals surface area (Å²) in [5.74, 6) is 0.796. The third-order valence-electron chi connectivity index (χ3n) is 2.42. The molecule has 2 aromatic heterocycles. The first-order valence-corrected chi connectivity index (χ1v) is 6.06. The average Bonchev–Trinajstić information content (AvgIpc) is 3.00. The Morgan fingerprint density at radius 3 is 2.88 bits per heavy atom. The molecule has 4 heteroatoms. The molecule has 0 aliphatic carbocycles. The summed E-state index contributed by atoms with van der Waals surface area (Å²) >= 11 is 1.56. The van der Waals surface area contributed by atoms with Gasteiger partial charge in [-0.25, -0.2) is 4.98 Å². The molecule has 0 radical (unpaired) electrons. The van der Waals surface area contributed by atoms with Crippen molar-refractivity contribution >= 4 is 17.0 Å². The van der Waals surface area contributed by atoms with E-state index in [4.69, 9.17) is 10.2 Å². The van der Waals surface area contributed by atoms with E-state index < -0.39 is 0 Å². The quantitative estimate of drug-likeness (QED) is 0.698. The van der Waals surface area contributed by atoms with Crippen molar-refractivity contribution in [2.75, 3.05) is 5.73 Å². The fraction of sp³-hybridized carbons (Fsp3) is 0. The molecule has 17 heavy (non-hydrogen) atoms. The fourth-order valence-electron chi connectivity index (χ4n) is 1.62. The normalized spacial score (nSPS) is 10.6. The van der Waals surface area contributed by atoms with Gasteiger partial charge in [-0.3, -0.25) is 0 Å². The van der Waals surface area contributed by atoms with Gasteiger partial charge in [0.2, 0.25) is 0 Å². The van der Waals surface area contributed by atoms with Crippen LogP contribution in [-0.2, 0) is 0 Å². The minimum absolute atomic E-state index is 0.745. The lowest BCUT2D eigenvalue weighted by Crippen LogP contribution is -1.85. The Morgan fingerprint density at radius 1 is 1.18 bits per heavy atom. The van der Waals surface area contributed by atoms with E-state index in [0.29, 0.717) is 0 Å². The zero-order valence-electron chi connectivity index (χ0n) is 8.96. The molecule has 0 aliphatic rings. The molecular weight excluding hydrogens is 232 g/mol. The Bertz CT molecular complexity index is 628. The number of nitrogen functional groups attached to an aromatic ring is 1. The monoisotopic (exact) mass is 242 g/mol. The Kier molecular flexibility index (Phi) is 2.42. The van der Waals surface area contributed by atoms with Crippen molar-refractivity contribution in [3.8, 4) is 22.0 Å². The Morgan fingerprint density at radius 2 is 2.12 bits per heavy atom. The first-order chi connectivity index (χ1) is 8.33. The van der Waals surface area contributed by atoms with E-state index in [0.717, 1.165) is 27.7 Å². The summed E-state index contributed by atoms with van der Waals surface area (Å²) in [7, 11) is 0. The number of hydrogen-bond donors (Lipinski definition) is 1. The Labute approximate surface area is 103 Å². The average molecular weight is 242 g/mol. The standard InChI is InChI=1S/C13H10N2OS/c14-10-4-1-3-9(7-10)11-8-17-13(15-11)12-5-2-6-16-12/h1-8H,14H2. The zero-order chi connectivity index (χ0) is 11.7. The van der Waals surface area contributed by atoms with Crippen LogP contribution in [0, 0.1) is 0 Å². The molecule has 3 nitrogen and oxygen atoms in total. The molecule has 1 aromatic carbocycles. The highest BCUT2D eigenvalue weighted by atomic mass is 32.1. The third-order valence-corrected chi connectivity index (χ3v) is 3.28. The van der Waals surface area contributed by atoms with Crippen molar-refractivity contribution in [3.05, 3.63) is 48.0 Å². The molecule has 0 saturated heterocycles. The molecule has 3 aromatic rings. The molecule has 0 aliphatic heterocycles. The van der Waals surface area contributed by atoms with Gasteiger partial charge in [0.15, 0.2) is 10.8 Å². The summed E-state index contributed by atoms with van der Waals surface area (Å²) < 4.78 is 5.32. The molecule has 0 bridgehead atoms. The van der Waals surface area contributed by atoms with Gasteiger partial charge in [-0.2, -0.15) is 0 Å². The van der Waals surface area contributed by atoms with Gasteiger partial charge in [0, 0.05) is 16.6 Å². The van der Waals surface area contributed by atoms with Crippen molar-refractivity contribution in [1.82, 2.24) is 4.98 Å². The number of nitrogens with two attached hydrogens (primary N) is 1. The molecule has 2 heterocycles. The molecule has 2 N–H and O–H groups in total. The maximum atomic E-state index is 5.75. The molecule has 0 saturated carbocycles. The van der Waals surface area contributed by atoms with E-state index in [1.807, 2.05) is 41.8 Å². The summed E-state index contributed by atoms with van der Waals surface area (Å²) in [6, 6.07) is 11.5. The van der Waals surface area contributed by atoms with Crippen LogP contribution in [0.2, 0.25) is 0 Å². The molecule has 0 spiro atoms. The number of nitrogens with zero attached hydrogens (tertiary/aromatic N) is 1. The molecule has 0 atom stereocenters. The van der Waals surface area contributed by atoms with Crippen LogP contribution in [0.15, 0.2) is 52.5 Å². The molecule has 0 unspecified atom stereocenters. The van der Waals surface area contributed by atoms with Gasteiger partial charge in [-0.1, -0.05) is 12.1 Å². The molecule has 0 amide bonds. The van der Waals surface area contributed by atoms with Gasteiger partial charge < -0.3 is 10.2 Å². The second-order valence-electron chi connectivity index (χ2n) is 3.64. The summed E-state index contributed by atoms with van der Waals surface area (Å²) in [4.78, 5) is 4.53. The van der Waals surface area contributed by atoms with Crippen LogP contribution in [0.3, 0.4) is 0 Å². The SMILES string of the molecule is Nc1cccc(-c2csc(-c3ccco3)n2)c1. The minimum Gasteiger partial charge on any atom is -0.462 e. The van der Waals surface area contributed by atoms with E-state index >= 15 is 0 Å². The second-order valence-corrected chi connectivity index (χ2v) is 4.50. The van der Waals surface area contributed by atoms with E-state index in [9.17, 15) is 0 Å². The van der Waals surface area contributed by atoms with E-state index in [-0.39, 0.29) is 0 Å². The van der Waals surface area contributed by atoms with Gasteiger partial charge in [0.1, 0.15) is 0 Å². The van der Waals surface area contributed by atoms with Crippen LogP contribution in [-0.4, -0.2) is 4.98 Å². The van der Waals surface area contributed by atoms with Gasteiger partial charge in [0.05, 0.1) is 12.0 Å². The van der Waals surface area contributed by atoms with Gasteiger partial charge in [-0.05, 0) is 24.3 Å². The number of benzene rings is 1. The van der Waals surface area contributed by atoms with Crippen LogP contribution in [0.1, 0.15) is 0 Å². The third kappa shape index (κ3) is 1.94. The zero-order valence-corrected chi connectivity index (χ0v) is 9.78. The van der Waals surface area contributed by atoms with Crippen molar-refractivity contribution in [3.63, 3.8) is 0 Å². The van der Waals surface area contributed by atoms with Crippen LogP contribution < -0.4 is 5.73 Å². The summed E-state index contributed by atoms with van der Waals surface area (Å²) in [6.45, 7) is 0. The first kappa shape index (κ1) is 10.1. The van der Waals surface area contributed by atoms with E-state index in [1.165, 1.54) is 0 Å². The van der Waals surface area contributed by atoms with Gasteiger partial charge >= 0.3 is 0 Å². The van der Waals surface area contributed by atoms with Crippen molar-refractivity contribution in [2.45, 2.75) is 0 Å². The number of anilines is 1. The predicted molar refractivity (Wildman–Crippen MR) is 69.7 cm³/mol. The number of thiazole rings is 1. The number of furan rings is 1. The maximum Gasteiger partial charge on any atom is 0.162 e. The number of hydrogen-bond acceptors (Lipinski definition) is 4. The number of aromatic nitrogens is 1. The van der Waals surface area contributed by atoms with Gasteiger partial charge in [-0.15, -0.1) is 11.3 Å². The highest BCUT2D eigenvalue weighted by Crippen LogP contribution is 2.29. The highest BCUT2D eigenvalue weighted by Gasteiger charge is 2.08. The number of rotatable bonds is 2. The summed E-state index contributed by atoms with van der Waals surface area (Å²) in [6.07, 6.45) is 1.65. The minimum atomic E-state index is 0.745. The fourth-order valence-corrected chi connectivity index (χ4v) is 2.41. The molecule has 0 fully saturated rings. The van der Waals surface area contributed by atoms with Crippen molar-refractivity contribution < 1.29 is 4.42 Å². The largest absolute Gasteiger partial charge is 0.462 e. The highest BCUT2D eigenvalue weighted by molar-refractivity contribution is 7.13. The van der Waals surface area contributed by atoms with E-state index in [2.05, 4.69) is 4.98 Å². The Balaban J connectivity index is 2.01. The summed E-state index contributed by atoms with van der Waals surface area (Å²) in [5.41, 5.74) is 8.45. The Hall–Kier alpha value is -2.07.